The van der Waals surface area contributed by atoms with Crippen LogP contribution < -0.4 is 19.5 Å². The van der Waals surface area contributed by atoms with Gasteiger partial charge in [0.25, 0.3) is 0 Å². The molecule has 2 aromatic carbocycles. The highest BCUT2D eigenvalue weighted by atomic mass is 32.1. The Hall–Kier alpha value is -3.32. The lowest BCUT2D eigenvalue weighted by molar-refractivity contribution is 0.370. The van der Waals surface area contributed by atoms with Crippen molar-refractivity contribution in [1.29, 1.82) is 0 Å². The van der Waals surface area contributed by atoms with Crippen molar-refractivity contribution >= 4 is 23.0 Å². The molecular weight excluding hydrogens is 410 g/mol. The molecule has 0 saturated heterocycles. The van der Waals surface area contributed by atoms with E-state index in [0.29, 0.717) is 18.2 Å². The van der Waals surface area contributed by atoms with Crippen LogP contribution >= 0.6 is 12.2 Å². The van der Waals surface area contributed by atoms with E-state index < -0.39 is 0 Å². The van der Waals surface area contributed by atoms with Crippen LogP contribution in [0.2, 0.25) is 0 Å². The number of nitrogens with one attached hydrogen (secondary N) is 1. The van der Waals surface area contributed by atoms with Crippen molar-refractivity contribution in [2.24, 2.45) is 0 Å². The Morgan fingerprint density at radius 2 is 1.77 bits per heavy atom. The summed E-state index contributed by atoms with van der Waals surface area (Å²) >= 11 is 5.81. The lowest BCUT2D eigenvalue weighted by atomic mass is 10.1. The molecule has 0 aliphatic heterocycles. The van der Waals surface area contributed by atoms with Gasteiger partial charge in [-0.05, 0) is 60.6 Å². The van der Waals surface area contributed by atoms with Gasteiger partial charge >= 0.3 is 0 Å². The molecule has 0 bridgehead atoms. The van der Waals surface area contributed by atoms with Crippen LogP contribution in [0.1, 0.15) is 16.7 Å². The third-order valence-corrected chi connectivity index (χ3v) is 5.20. The van der Waals surface area contributed by atoms with E-state index in [9.17, 15) is 0 Å². The molecule has 0 amide bonds. The molecule has 0 atom stereocenters. The Bertz CT molecular complexity index is 1030. The van der Waals surface area contributed by atoms with E-state index in [-0.39, 0.29) is 0 Å². The van der Waals surface area contributed by atoms with E-state index in [1.807, 2.05) is 61.7 Å². The quantitative estimate of drug-likeness (QED) is 0.507. The van der Waals surface area contributed by atoms with Crippen LogP contribution in [0.5, 0.6) is 17.2 Å². The minimum absolute atomic E-state index is 0.544. The number of benzene rings is 2. The summed E-state index contributed by atoms with van der Waals surface area (Å²) in [5.41, 5.74) is 3.98. The largest absolute Gasteiger partial charge is 0.497 e. The van der Waals surface area contributed by atoms with Crippen molar-refractivity contribution in [3.8, 4) is 17.2 Å². The van der Waals surface area contributed by atoms with Crippen LogP contribution in [0.4, 0.5) is 5.69 Å². The summed E-state index contributed by atoms with van der Waals surface area (Å²) in [6.45, 7) is 3.16. The van der Waals surface area contributed by atoms with Crippen molar-refractivity contribution in [3.05, 3.63) is 77.6 Å². The van der Waals surface area contributed by atoms with Crippen LogP contribution in [-0.4, -0.2) is 36.3 Å². The van der Waals surface area contributed by atoms with Crippen molar-refractivity contribution in [3.63, 3.8) is 0 Å². The highest BCUT2D eigenvalue weighted by Gasteiger charge is 2.16. The highest BCUT2D eigenvalue weighted by Crippen LogP contribution is 2.28. The fourth-order valence-corrected chi connectivity index (χ4v) is 3.45. The predicted molar refractivity (Wildman–Crippen MR) is 127 cm³/mol. The number of thiocarbonyl (C=S) groups is 1. The number of ether oxygens (including phenoxy) is 3. The third-order valence-electron chi connectivity index (χ3n) is 4.84. The van der Waals surface area contributed by atoms with Crippen molar-refractivity contribution < 1.29 is 14.2 Å². The third kappa shape index (κ3) is 5.86. The first kappa shape index (κ1) is 22.4. The van der Waals surface area contributed by atoms with E-state index in [4.69, 9.17) is 26.4 Å². The summed E-state index contributed by atoms with van der Waals surface area (Å²) in [7, 11) is 4.93. The topological polar surface area (TPSA) is 55.9 Å². The van der Waals surface area contributed by atoms with E-state index in [1.165, 1.54) is 0 Å². The first-order chi connectivity index (χ1) is 15.0. The van der Waals surface area contributed by atoms with Crippen molar-refractivity contribution in [2.45, 2.75) is 20.0 Å². The molecule has 0 fully saturated rings. The summed E-state index contributed by atoms with van der Waals surface area (Å²) in [5.74, 6) is 2.22. The van der Waals surface area contributed by atoms with Crippen LogP contribution in [-0.2, 0) is 13.1 Å². The average Bonchev–Trinajstić information content (AvgIpc) is 2.79. The summed E-state index contributed by atoms with van der Waals surface area (Å²) in [6.07, 6.45) is 3.60. The van der Waals surface area contributed by atoms with E-state index in [1.54, 1.807) is 27.5 Å². The fraction of sp³-hybridized carbons (Fsp3) is 0.250. The highest BCUT2D eigenvalue weighted by molar-refractivity contribution is 7.80. The Kier molecular flexibility index (Phi) is 7.67. The van der Waals surface area contributed by atoms with Gasteiger partial charge < -0.3 is 24.4 Å². The number of aryl methyl sites for hydroxylation is 1. The van der Waals surface area contributed by atoms with Crippen molar-refractivity contribution in [1.82, 2.24) is 9.88 Å². The molecule has 0 saturated carbocycles. The standard InChI is InChI=1S/C24H27N3O3S/c1-17-7-10-22(29-3)21(12-17)26-24(31)27(15-18-6-5-11-25-14-18)16-19-8-9-20(28-2)13-23(19)30-4/h5-14H,15-16H2,1-4H3,(H,26,31). The minimum Gasteiger partial charge on any atom is -0.497 e. The number of nitrogens with zero attached hydrogens (tertiary/aromatic N) is 2. The number of methoxy groups -OCH3 is 3. The summed E-state index contributed by atoms with van der Waals surface area (Å²) in [6, 6.07) is 15.7. The second-order valence-electron chi connectivity index (χ2n) is 7.03. The Morgan fingerprint density at radius 1 is 0.968 bits per heavy atom. The molecule has 0 radical (unpaired) electrons. The van der Waals surface area contributed by atoms with E-state index in [2.05, 4.69) is 15.2 Å². The normalized spacial score (nSPS) is 10.3. The molecule has 1 aromatic heterocycles. The van der Waals surface area contributed by atoms with Gasteiger partial charge in [-0.1, -0.05) is 12.1 Å². The number of pyridine rings is 1. The molecule has 3 aromatic rings. The minimum atomic E-state index is 0.544. The number of hydrogen-bond acceptors (Lipinski definition) is 5. The lowest BCUT2D eigenvalue weighted by Gasteiger charge is -2.27. The molecule has 31 heavy (non-hydrogen) atoms. The molecule has 1 heterocycles. The molecule has 1 N–H and O–H groups in total. The molecule has 0 unspecified atom stereocenters. The van der Waals surface area contributed by atoms with Crippen molar-refractivity contribution in [2.75, 3.05) is 26.6 Å². The number of anilines is 1. The maximum Gasteiger partial charge on any atom is 0.174 e. The van der Waals surface area contributed by atoms with Crippen LogP contribution in [0, 0.1) is 6.92 Å². The summed E-state index contributed by atoms with van der Waals surface area (Å²) < 4.78 is 16.4. The van der Waals surface area contributed by atoms with Crippen LogP contribution in [0.3, 0.4) is 0 Å². The molecule has 3 rings (SSSR count). The number of rotatable bonds is 8. The van der Waals surface area contributed by atoms with Gasteiger partial charge in [-0.2, -0.15) is 0 Å². The second kappa shape index (κ2) is 10.6. The van der Waals surface area contributed by atoms with Gasteiger partial charge in [-0.3, -0.25) is 4.98 Å². The van der Waals surface area contributed by atoms with Crippen LogP contribution in [0.15, 0.2) is 60.9 Å². The van der Waals surface area contributed by atoms with E-state index in [0.717, 1.165) is 39.6 Å². The second-order valence-corrected chi connectivity index (χ2v) is 7.42. The Labute approximate surface area is 188 Å². The summed E-state index contributed by atoms with van der Waals surface area (Å²) in [4.78, 5) is 6.30. The molecular formula is C24H27N3O3S. The molecule has 0 spiro atoms. The van der Waals surface area contributed by atoms with Crippen LogP contribution in [0.25, 0.3) is 0 Å². The number of aromatic nitrogens is 1. The van der Waals surface area contributed by atoms with Gasteiger partial charge in [0.2, 0.25) is 0 Å². The SMILES string of the molecule is COc1ccc(CN(Cc2cccnc2)C(=S)Nc2cc(C)ccc2OC)c(OC)c1. The maximum absolute atomic E-state index is 5.81. The lowest BCUT2D eigenvalue weighted by Crippen LogP contribution is -2.34. The average molecular weight is 438 g/mol. The fourth-order valence-electron chi connectivity index (χ4n) is 3.21. The molecule has 162 valence electrons. The zero-order valence-corrected chi connectivity index (χ0v) is 19.0. The van der Waals surface area contributed by atoms with Gasteiger partial charge in [0, 0.05) is 37.1 Å². The first-order valence-electron chi connectivity index (χ1n) is 9.84. The maximum atomic E-state index is 5.81. The molecule has 6 nitrogen and oxygen atoms in total. The first-order valence-corrected chi connectivity index (χ1v) is 10.2. The zero-order chi connectivity index (χ0) is 22.2. The van der Waals surface area contributed by atoms with Gasteiger partial charge in [0.1, 0.15) is 17.2 Å². The zero-order valence-electron chi connectivity index (χ0n) is 18.2. The summed E-state index contributed by atoms with van der Waals surface area (Å²) in [5, 5.41) is 3.92. The van der Waals surface area contributed by atoms with Gasteiger partial charge in [0.15, 0.2) is 5.11 Å². The monoisotopic (exact) mass is 437 g/mol. The molecule has 0 aliphatic carbocycles. The predicted octanol–water partition coefficient (Wildman–Crippen LogP) is 4.82. The van der Waals surface area contributed by atoms with Gasteiger partial charge in [-0.25, -0.2) is 0 Å². The Morgan fingerprint density at radius 3 is 2.45 bits per heavy atom. The molecule has 7 heteroatoms. The Balaban J connectivity index is 1.89. The van der Waals surface area contributed by atoms with Gasteiger partial charge in [0.05, 0.1) is 27.0 Å². The molecule has 0 aliphatic rings. The number of hydrogen-bond donors (Lipinski definition) is 1. The van der Waals surface area contributed by atoms with E-state index >= 15 is 0 Å². The van der Waals surface area contributed by atoms with Gasteiger partial charge in [-0.15, -0.1) is 0 Å². The smallest absolute Gasteiger partial charge is 0.174 e.